The van der Waals surface area contributed by atoms with E-state index in [1.165, 1.54) is 49.8 Å². The molecule has 0 radical (unpaired) electrons. The number of hydrogen-bond acceptors (Lipinski definition) is 3. The van der Waals surface area contributed by atoms with E-state index >= 15 is 0 Å². The summed E-state index contributed by atoms with van der Waals surface area (Å²) in [5, 5.41) is 0. The minimum absolute atomic E-state index is 0.244. The number of nitrogens with two attached hydrogens (primary N) is 1. The van der Waals surface area contributed by atoms with Gasteiger partial charge in [0.15, 0.2) is 0 Å². The zero-order valence-electron chi connectivity index (χ0n) is 13.2. The summed E-state index contributed by atoms with van der Waals surface area (Å²) in [6.45, 7) is 4.87. The van der Waals surface area contributed by atoms with Gasteiger partial charge in [-0.3, -0.25) is 0 Å². The Bertz CT molecular complexity index is 451. The SMILES string of the molecule is CCN(CC1CCC2(CCCC2)O1)c1ccc(CN)cc1. The lowest BCUT2D eigenvalue weighted by Gasteiger charge is -2.29. The first-order chi connectivity index (χ1) is 10.2. The summed E-state index contributed by atoms with van der Waals surface area (Å²) < 4.78 is 6.45. The molecule has 1 saturated heterocycles. The highest BCUT2D eigenvalue weighted by Gasteiger charge is 2.42. The van der Waals surface area contributed by atoms with Gasteiger partial charge in [0, 0.05) is 25.3 Å². The smallest absolute Gasteiger partial charge is 0.0758 e. The molecule has 0 aromatic heterocycles. The lowest BCUT2D eigenvalue weighted by molar-refractivity contribution is -0.0327. The van der Waals surface area contributed by atoms with Crippen LogP contribution in [0.15, 0.2) is 24.3 Å². The third kappa shape index (κ3) is 3.24. The molecule has 1 aromatic carbocycles. The lowest BCUT2D eigenvalue weighted by Crippen LogP contribution is -2.34. The first kappa shape index (κ1) is 14.9. The topological polar surface area (TPSA) is 38.5 Å². The molecule has 2 fully saturated rings. The van der Waals surface area contributed by atoms with Gasteiger partial charge >= 0.3 is 0 Å². The number of nitrogens with zero attached hydrogens (tertiary/aromatic N) is 1. The number of hydrogen-bond donors (Lipinski definition) is 1. The van der Waals surface area contributed by atoms with E-state index in [0.717, 1.165) is 13.1 Å². The van der Waals surface area contributed by atoms with Gasteiger partial charge < -0.3 is 15.4 Å². The van der Waals surface area contributed by atoms with Crippen LogP contribution in [-0.2, 0) is 11.3 Å². The van der Waals surface area contributed by atoms with E-state index in [-0.39, 0.29) is 5.60 Å². The summed E-state index contributed by atoms with van der Waals surface area (Å²) in [6, 6.07) is 8.63. The number of anilines is 1. The third-order valence-electron chi connectivity index (χ3n) is 5.20. The van der Waals surface area contributed by atoms with Crippen molar-refractivity contribution in [3.63, 3.8) is 0 Å². The van der Waals surface area contributed by atoms with Crippen LogP contribution in [-0.4, -0.2) is 24.8 Å². The van der Waals surface area contributed by atoms with Crippen molar-refractivity contribution in [3.8, 4) is 0 Å². The third-order valence-corrected chi connectivity index (χ3v) is 5.20. The second kappa shape index (κ2) is 6.37. The van der Waals surface area contributed by atoms with E-state index < -0.39 is 0 Å². The van der Waals surface area contributed by atoms with Gasteiger partial charge in [0.1, 0.15) is 0 Å². The molecule has 2 aliphatic rings. The van der Waals surface area contributed by atoms with Gasteiger partial charge in [0.05, 0.1) is 11.7 Å². The number of likely N-dealkylation sites (N-methyl/N-ethyl adjacent to an activating group) is 1. The minimum atomic E-state index is 0.244. The van der Waals surface area contributed by atoms with Crippen molar-refractivity contribution in [2.24, 2.45) is 5.73 Å². The van der Waals surface area contributed by atoms with Crippen LogP contribution in [0.2, 0.25) is 0 Å². The van der Waals surface area contributed by atoms with E-state index in [9.17, 15) is 0 Å². The second-order valence-electron chi connectivity index (χ2n) is 6.58. The average molecular weight is 288 g/mol. The molecule has 1 spiro atoms. The van der Waals surface area contributed by atoms with Crippen molar-refractivity contribution in [2.75, 3.05) is 18.0 Å². The van der Waals surface area contributed by atoms with Gasteiger partial charge in [-0.25, -0.2) is 0 Å². The summed E-state index contributed by atoms with van der Waals surface area (Å²) in [7, 11) is 0. The Morgan fingerprint density at radius 2 is 1.90 bits per heavy atom. The number of benzene rings is 1. The number of ether oxygens (including phenoxy) is 1. The maximum Gasteiger partial charge on any atom is 0.0758 e. The van der Waals surface area contributed by atoms with Crippen molar-refractivity contribution in [3.05, 3.63) is 29.8 Å². The highest BCUT2D eigenvalue weighted by molar-refractivity contribution is 5.47. The first-order valence-corrected chi connectivity index (χ1v) is 8.46. The van der Waals surface area contributed by atoms with Crippen molar-refractivity contribution in [2.45, 2.75) is 63.7 Å². The van der Waals surface area contributed by atoms with Gasteiger partial charge in [-0.05, 0) is 50.3 Å². The molecular weight excluding hydrogens is 260 g/mol. The highest BCUT2D eigenvalue weighted by Crippen LogP contribution is 2.43. The van der Waals surface area contributed by atoms with Gasteiger partial charge in [-0.2, -0.15) is 0 Å². The molecule has 3 nitrogen and oxygen atoms in total. The average Bonchev–Trinajstić information content (AvgIpc) is 3.15. The molecule has 3 rings (SSSR count). The molecule has 116 valence electrons. The molecule has 1 aliphatic carbocycles. The Morgan fingerprint density at radius 3 is 2.52 bits per heavy atom. The zero-order valence-corrected chi connectivity index (χ0v) is 13.2. The molecular formula is C18H28N2O. The molecule has 3 heteroatoms. The van der Waals surface area contributed by atoms with Crippen molar-refractivity contribution in [1.29, 1.82) is 0 Å². The van der Waals surface area contributed by atoms with Gasteiger partial charge in [-0.1, -0.05) is 25.0 Å². The molecule has 1 atom stereocenters. The number of rotatable bonds is 5. The molecule has 2 N–H and O–H groups in total. The molecule has 1 heterocycles. The standard InChI is InChI=1S/C18H28N2O/c1-2-20(16-7-5-15(13-19)6-8-16)14-17-9-12-18(21-17)10-3-4-11-18/h5-8,17H,2-4,9-14,19H2,1H3. The van der Waals surface area contributed by atoms with Crippen LogP contribution >= 0.6 is 0 Å². The fraction of sp³-hybridized carbons (Fsp3) is 0.667. The fourth-order valence-electron chi connectivity index (χ4n) is 3.92. The predicted molar refractivity (Wildman–Crippen MR) is 87.5 cm³/mol. The van der Waals surface area contributed by atoms with Crippen molar-refractivity contribution in [1.82, 2.24) is 0 Å². The lowest BCUT2D eigenvalue weighted by atomic mass is 9.98. The van der Waals surface area contributed by atoms with Crippen LogP contribution in [0.25, 0.3) is 0 Å². The Labute approximate surface area is 128 Å². The summed E-state index contributed by atoms with van der Waals surface area (Å²) in [4.78, 5) is 2.43. The predicted octanol–water partition coefficient (Wildman–Crippen LogP) is 3.46. The Balaban J connectivity index is 1.61. The van der Waals surface area contributed by atoms with Crippen LogP contribution < -0.4 is 10.6 Å². The van der Waals surface area contributed by atoms with Crippen LogP contribution in [0, 0.1) is 0 Å². The molecule has 0 bridgehead atoms. The molecule has 1 aromatic rings. The Kier molecular flexibility index (Phi) is 4.51. The Morgan fingerprint density at radius 1 is 1.19 bits per heavy atom. The quantitative estimate of drug-likeness (QED) is 0.901. The highest BCUT2D eigenvalue weighted by atomic mass is 16.5. The minimum Gasteiger partial charge on any atom is -0.370 e. The van der Waals surface area contributed by atoms with Gasteiger partial charge in [0.25, 0.3) is 0 Å². The first-order valence-electron chi connectivity index (χ1n) is 8.46. The van der Waals surface area contributed by atoms with Crippen LogP contribution in [0.1, 0.15) is 51.0 Å². The Hall–Kier alpha value is -1.06. The fourth-order valence-corrected chi connectivity index (χ4v) is 3.92. The van der Waals surface area contributed by atoms with E-state index in [1.54, 1.807) is 0 Å². The normalized spacial score (nSPS) is 23.8. The van der Waals surface area contributed by atoms with Crippen LogP contribution in [0.3, 0.4) is 0 Å². The van der Waals surface area contributed by atoms with Crippen LogP contribution in [0.5, 0.6) is 0 Å². The van der Waals surface area contributed by atoms with Crippen LogP contribution in [0.4, 0.5) is 5.69 Å². The molecule has 21 heavy (non-hydrogen) atoms. The second-order valence-corrected chi connectivity index (χ2v) is 6.58. The van der Waals surface area contributed by atoms with E-state index in [2.05, 4.69) is 36.1 Å². The van der Waals surface area contributed by atoms with E-state index in [4.69, 9.17) is 10.5 Å². The molecule has 0 amide bonds. The monoisotopic (exact) mass is 288 g/mol. The summed E-state index contributed by atoms with van der Waals surface area (Å²) in [5.41, 5.74) is 8.39. The summed E-state index contributed by atoms with van der Waals surface area (Å²) in [6.07, 6.45) is 8.15. The molecule has 1 saturated carbocycles. The van der Waals surface area contributed by atoms with Crippen molar-refractivity contribution >= 4 is 5.69 Å². The van der Waals surface area contributed by atoms with E-state index in [0.29, 0.717) is 12.6 Å². The van der Waals surface area contributed by atoms with E-state index in [1.807, 2.05) is 0 Å². The largest absolute Gasteiger partial charge is 0.370 e. The molecule has 1 aliphatic heterocycles. The zero-order chi connectivity index (χ0) is 14.7. The van der Waals surface area contributed by atoms with Gasteiger partial charge in [-0.15, -0.1) is 0 Å². The maximum atomic E-state index is 6.45. The summed E-state index contributed by atoms with van der Waals surface area (Å²) in [5.74, 6) is 0. The van der Waals surface area contributed by atoms with Gasteiger partial charge in [0.2, 0.25) is 0 Å². The summed E-state index contributed by atoms with van der Waals surface area (Å²) >= 11 is 0. The molecule has 1 unspecified atom stereocenters. The maximum absolute atomic E-state index is 6.45. The van der Waals surface area contributed by atoms with Crippen molar-refractivity contribution < 1.29 is 4.74 Å².